The van der Waals surface area contributed by atoms with Gasteiger partial charge in [-0.2, -0.15) is 0 Å². The van der Waals surface area contributed by atoms with E-state index in [1.54, 1.807) is 0 Å². The maximum atomic E-state index is 3.53. The van der Waals surface area contributed by atoms with Gasteiger partial charge in [0.1, 0.15) is 0 Å². The smallest absolute Gasteiger partial charge is 0.00595 e. The molecule has 0 amide bonds. The molecule has 0 heterocycles. The van der Waals surface area contributed by atoms with Gasteiger partial charge < -0.3 is 0 Å². The number of hydrogen-bond donors (Lipinski definition) is 0. The first-order valence-electron chi connectivity index (χ1n) is 4.41. The second-order valence-corrected chi connectivity index (χ2v) is 3.57. The van der Waals surface area contributed by atoms with E-state index >= 15 is 0 Å². The van der Waals surface area contributed by atoms with Crippen molar-refractivity contribution >= 4 is 15.9 Å². The summed E-state index contributed by atoms with van der Waals surface area (Å²) in [5.74, 6) is 0.923. The average molecular weight is 207 g/mol. The SMILES string of the molecule is CCCCCC(CC)CBr. The first-order valence-corrected chi connectivity index (χ1v) is 5.53. The lowest BCUT2D eigenvalue weighted by Gasteiger charge is -2.09. The lowest BCUT2D eigenvalue weighted by molar-refractivity contribution is 0.492. The maximum absolute atomic E-state index is 3.53. The molecule has 0 nitrogen and oxygen atoms in total. The summed E-state index contributed by atoms with van der Waals surface area (Å²) in [6.45, 7) is 4.53. The number of alkyl halides is 1. The number of rotatable bonds is 6. The minimum absolute atomic E-state index is 0.923. The van der Waals surface area contributed by atoms with Crippen LogP contribution in [0.1, 0.15) is 46.0 Å². The second kappa shape index (κ2) is 7.59. The van der Waals surface area contributed by atoms with Crippen LogP contribution >= 0.6 is 15.9 Å². The third-order valence-electron chi connectivity index (χ3n) is 2.01. The summed E-state index contributed by atoms with van der Waals surface area (Å²) in [7, 11) is 0. The summed E-state index contributed by atoms with van der Waals surface area (Å²) in [5.41, 5.74) is 0. The average Bonchev–Trinajstić information content (AvgIpc) is 1.99. The van der Waals surface area contributed by atoms with Gasteiger partial charge in [-0.15, -0.1) is 0 Å². The molecular formula is C9H19Br. The summed E-state index contributed by atoms with van der Waals surface area (Å²) in [4.78, 5) is 0. The predicted octanol–water partition coefficient (Wildman–Crippen LogP) is 3.99. The van der Waals surface area contributed by atoms with E-state index in [0.29, 0.717) is 0 Å². The fraction of sp³-hybridized carbons (Fsp3) is 1.00. The third kappa shape index (κ3) is 5.28. The van der Waals surface area contributed by atoms with Gasteiger partial charge in [-0.3, -0.25) is 0 Å². The lowest BCUT2D eigenvalue weighted by Crippen LogP contribution is -1.99. The van der Waals surface area contributed by atoms with Gasteiger partial charge in [0, 0.05) is 5.33 Å². The van der Waals surface area contributed by atoms with Crippen molar-refractivity contribution in [2.24, 2.45) is 5.92 Å². The minimum Gasteiger partial charge on any atom is -0.0925 e. The number of hydrogen-bond acceptors (Lipinski definition) is 0. The molecule has 0 saturated heterocycles. The summed E-state index contributed by atoms with van der Waals surface area (Å²) in [6.07, 6.45) is 6.91. The fourth-order valence-electron chi connectivity index (χ4n) is 1.07. The Morgan fingerprint density at radius 1 is 1.20 bits per heavy atom. The zero-order valence-corrected chi connectivity index (χ0v) is 8.78. The molecule has 0 bridgehead atoms. The summed E-state index contributed by atoms with van der Waals surface area (Å²) >= 11 is 3.53. The molecule has 10 heavy (non-hydrogen) atoms. The van der Waals surface area contributed by atoms with Crippen LogP contribution in [-0.2, 0) is 0 Å². The Labute approximate surface area is 73.5 Å². The Morgan fingerprint density at radius 3 is 2.30 bits per heavy atom. The molecule has 0 spiro atoms. The quantitative estimate of drug-likeness (QED) is 0.456. The molecule has 0 aliphatic carbocycles. The molecule has 62 valence electrons. The first kappa shape index (κ1) is 10.5. The number of halogens is 1. The van der Waals surface area contributed by atoms with Crippen molar-refractivity contribution < 1.29 is 0 Å². The first-order chi connectivity index (χ1) is 4.85. The van der Waals surface area contributed by atoms with Gasteiger partial charge in [0.05, 0.1) is 0 Å². The Hall–Kier alpha value is 0.480. The van der Waals surface area contributed by atoms with Crippen LogP contribution < -0.4 is 0 Å². The molecule has 0 rings (SSSR count). The van der Waals surface area contributed by atoms with E-state index in [-0.39, 0.29) is 0 Å². The van der Waals surface area contributed by atoms with Crippen molar-refractivity contribution in [2.45, 2.75) is 46.0 Å². The van der Waals surface area contributed by atoms with Crippen molar-refractivity contribution in [3.63, 3.8) is 0 Å². The fourth-order valence-corrected chi connectivity index (χ4v) is 1.85. The maximum Gasteiger partial charge on any atom is 0.00595 e. The molecule has 0 fully saturated rings. The van der Waals surface area contributed by atoms with E-state index in [1.807, 2.05) is 0 Å². The molecule has 1 heteroatoms. The topological polar surface area (TPSA) is 0 Å². The minimum atomic E-state index is 0.923. The monoisotopic (exact) mass is 206 g/mol. The van der Waals surface area contributed by atoms with Crippen molar-refractivity contribution in [2.75, 3.05) is 5.33 Å². The molecule has 1 unspecified atom stereocenters. The molecular weight excluding hydrogens is 188 g/mol. The van der Waals surface area contributed by atoms with Gasteiger partial charge >= 0.3 is 0 Å². The van der Waals surface area contributed by atoms with E-state index < -0.39 is 0 Å². The van der Waals surface area contributed by atoms with Crippen LogP contribution in [0.5, 0.6) is 0 Å². The van der Waals surface area contributed by atoms with Crippen LogP contribution in [0.4, 0.5) is 0 Å². The molecule has 0 aromatic carbocycles. The van der Waals surface area contributed by atoms with Crippen LogP contribution in [0.2, 0.25) is 0 Å². The van der Waals surface area contributed by atoms with Crippen LogP contribution in [0.3, 0.4) is 0 Å². The second-order valence-electron chi connectivity index (χ2n) is 2.92. The Balaban J connectivity index is 3.09. The molecule has 0 aromatic heterocycles. The van der Waals surface area contributed by atoms with Crippen LogP contribution in [-0.4, -0.2) is 5.33 Å². The van der Waals surface area contributed by atoms with Crippen LogP contribution in [0.15, 0.2) is 0 Å². The van der Waals surface area contributed by atoms with Gasteiger partial charge in [-0.25, -0.2) is 0 Å². The van der Waals surface area contributed by atoms with E-state index in [0.717, 1.165) is 5.92 Å². The highest BCUT2D eigenvalue weighted by molar-refractivity contribution is 9.09. The third-order valence-corrected chi connectivity index (χ3v) is 2.93. The Kier molecular flexibility index (Phi) is 7.95. The van der Waals surface area contributed by atoms with Gasteiger partial charge in [0.15, 0.2) is 0 Å². The van der Waals surface area contributed by atoms with Crippen LogP contribution in [0, 0.1) is 5.92 Å². The molecule has 1 atom stereocenters. The van der Waals surface area contributed by atoms with Crippen molar-refractivity contribution in [1.29, 1.82) is 0 Å². The molecule has 0 aliphatic heterocycles. The Bertz CT molecular complexity index is 57.7. The van der Waals surface area contributed by atoms with Crippen molar-refractivity contribution in [1.82, 2.24) is 0 Å². The molecule has 0 aliphatic rings. The zero-order chi connectivity index (χ0) is 7.82. The highest BCUT2D eigenvalue weighted by Gasteiger charge is 2.01. The molecule has 0 saturated carbocycles. The summed E-state index contributed by atoms with van der Waals surface area (Å²) in [6, 6.07) is 0. The van der Waals surface area contributed by atoms with E-state index in [9.17, 15) is 0 Å². The predicted molar refractivity (Wildman–Crippen MR) is 51.7 cm³/mol. The van der Waals surface area contributed by atoms with Crippen molar-refractivity contribution in [3.05, 3.63) is 0 Å². The highest BCUT2D eigenvalue weighted by Crippen LogP contribution is 2.15. The van der Waals surface area contributed by atoms with Gasteiger partial charge in [-0.05, 0) is 12.3 Å². The standard InChI is InChI=1S/C9H19Br/c1-3-5-6-7-9(4-2)8-10/h9H,3-8H2,1-2H3. The van der Waals surface area contributed by atoms with E-state index in [4.69, 9.17) is 0 Å². The Morgan fingerprint density at radius 2 is 1.90 bits per heavy atom. The molecule has 0 aromatic rings. The van der Waals surface area contributed by atoms with Crippen molar-refractivity contribution in [3.8, 4) is 0 Å². The zero-order valence-electron chi connectivity index (χ0n) is 7.20. The number of unbranched alkanes of at least 4 members (excludes halogenated alkanes) is 2. The van der Waals surface area contributed by atoms with E-state index in [2.05, 4.69) is 29.8 Å². The largest absolute Gasteiger partial charge is 0.0925 e. The summed E-state index contributed by atoms with van der Waals surface area (Å²) < 4.78 is 0. The van der Waals surface area contributed by atoms with Gasteiger partial charge in [-0.1, -0.05) is 55.5 Å². The van der Waals surface area contributed by atoms with Gasteiger partial charge in [0.25, 0.3) is 0 Å². The lowest BCUT2D eigenvalue weighted by atomic mass is 10.0. The molecule has 0 N–H and O–H groups in total. The van der Waals surface area contributed by atoms with Gasteiger partial charge in [0.2, 0.25) is 0 Å². The van der Waals surface area contributed by atoms with Crippen LogP contribution in [0.25, 0.3) is 0 Å². The normalized spacial score (nSPS) is 13.5. The summed E-state index contributed by atoms with van der Waals surface area (Å²) in [5, 5.41) is 1.19. The highest BCUT2D eigenvalue weighted by atomic mass is 79.9. The van der Waals surface area contributed by atoms with E-state index in [1.165, 1.54) is 37.4 Å². The molecule has 0 radical (unpaired) electrons.